The molecule has 2 unspecified atom stereocenters. The lowest BCUT2D eigenvalue weighted by Gasteiger charge is -2.34. The van der Waals surface area contributed by atoms with Gasteiger partial charge in [0.15, 0.2) is 0 Å². The number of fused-ring (bicyclic) bond motifs is 30. The lowest BCUT2D eigenvalue weighted by molar-refractivity contribution is 0.587. The molecule has 0 saturated carbocycles. The molecule has 23 aromatic rings. The maximum Gasteiger partial charge on any atom is 0.109 e. The van der Waals surface area contributed by atoms with Crippen molar-refractivity contribution in [2.45, 2.75) is 16.2 Å². The summed E-state index contributed by atoms with van der Waals surface area (Å²) in [6.07, 6.45) is 0. The van der Waals surface area contributed by atoms with Crippen LogP contribution in [0, 0.1) is 0 Å². The smallest absolute Gasteiger partial charge is 0.109 e. The Kier molecular flexibility index (Phi) is 20.5. The van der Waals surface area contributed by atoms with E-state index in [1.807, 2.05) is 76.4 Å². The summed E-state index contributed by atoms with van der Waals surface area (Å²) >= 11 is 0. The second kappa shape index (κ2) is 33.6. The molecule has 5 aliphatic rings. The molecule has 6 heteroatoms. The third kappa shape index (κ3) is 13.9. The third-order valence-corrected chi connectivity index (χ3v) is 36.0. The largest absolute Gasteiger partial charge is 0.319 e. The molecule has 5 aliphatic carbocycles. The van der Waals surface area contributed by atoms with E-state index in [1.165, 1.54) is 210 Å². The number of hydrogen-bond donors (Lipinski definition) is 0. The second-order valence-electron chi connectivity index (χ2n) is 40.4. The van der Waals surface area contributed by atoms with E-state index in [1.54, 1.807) is 0 Å². The molecule has 0 saturated heterocycles. The lowest BCUT2D eigenvalue weighted by atomic mass is 9.66. The molecule has 0 N–H and O–H groups in total. The predicted octanol–water partition coefficient (Wildman–Crippen LogP) is 34.6. The van der Waals surface area contributed by atoms with E-state index in [4.69, 9.17) is 0 Å². The summed E-state index contributed by atoms with van der Waals surface area (Å²) in [5.74, 6) is 0. The van der Waals surface area contributed by atoms with Crippen LogP contribution in [0.1, 0.15) is 66.8 Å². The molecule has 23 aromatic carbocycles. The summed E-state index contributed by atoms with van der Waals surface area (Å²) in [6.45, 7) is 10.9. The van der Waals surface area contributed by atoms with Crippen molar-refractivity contribution in [1.82, 2.24) is 0 Å². The fraction of sp³-hybridized carbons (Fsp3) is 0.0657. The van der Waals surface area contributed by atoms with Crippen LogP contribution >= 0.6 is 21.4 Å². The molecule has 2 spiro atoms. The van der Waals surface area contributed by atoms with Crippen LogP contribution < -0.4 is 15.9 Å². The zero-order valence-corrected chi connectivity index (χ0v) is 83.0. The van der Waals surface area contributed by atoms with E-state index in [0.29, 0.717) is 0 Å². The molecule has 0 aliphatic heterocycles. The van der Waals surface area contributed by atoms with Crippen LogP contribution in [-0.2, 0) is 29.9 Å². The Morgan fingerprint density at radius 2 is 0.427 bits per heavy atom. The minimum Gasteiger partial charge on any atom is -0.319 e. The molecule has 0 aromatic heterocycles. The van der Waals surface area contributed by atoms with Crippen LogP contribution in [0.25, 0.3) is 176 Å². The minimum absolute atomic E-state index is 0.403. The summed E-state index contributed by atoms with van der Waals surface area (Å²) in [7, 11) is -6.84. The Hall–Kier alpha value is -16.0. The molecule has 2 atom stereocenters. The highest BCUT2D eigenvalue weighted by atomic mass is 31.2. The van der Waals surface area contributed by atoms with Crippen molar-refractivity contribution >= 4 is 91.2 Å². The molecular weight excluding hydrogens is 1790 g/mol. The van der Waals surface area contributed by atoms with Crippen LogP contribution in [0.15, 0.2) is 491 Å². The van der Waals surface area contributed by atoms with Gasteiger partial charge in [0.25, 0.3) is 0 Å². The average Bonchev–Trinajstić information content (AvgIpc) is 1.51. The van der Waals surface area contributed by atoms with E-state index in [-0.39, 0.29) is 0 Å². The predicted molar refractivity (Wildman–Crippen MR) is 607 cm³/mol. The summed E-state index contributed by atoms with van der Waals surface area (Å²) in [5, 5.41) is 15.5. The van der Waals surface area contributed by atoms with Crippen LogP contribution in [0.5, 0.6) is 0 Å². The van der Waals surface area contributed by atoms with Crippen LogP contribution in [-0.4, -0.2) is 40.0 Å². The molecule has 143 heavy (non-hydrogen) atoms. The van der Waals surface area contributed by atoms with Gasteiger partial charge in [-0.05, 0) is 332 Å². The van der Waals surface area contributed by atoms with Crippen LogP contribution in [0.4, 0.5) is 0 Å². The van der Waals surface area contributed by atoms with Crippen molar-refractivity contribution in [3.63, 3.8) is 0 Å². The normalized spacial score (nSPS) is 15.0. The summed E-state index contributed by atoms with van der Waals surface area (Å²) in [6, 6.07) is 180. The van der Waals surface area contributed by atoms with Gasteiger partial charge in [0.2, 0.25) is 0 Å². The first-order valence-electron chi connectivity index (χ1n) is 49.4. The van der Waals surface area contributed by atoms with Crippen molar-refractivity contribution in [2.75, 3.05) is 40.0 Å². The first-order chi connectivity index (χ1) is 69.8. The maximum absolute atomic E-state index is 12.5. The third-order valence-electron chi connectivity index (χ3n) is 31.4. The Labute approximate surface area is 835 Å². The van der Waals surface area contributed by atoms with Gasteiger partial charge in [-0.25, -0.2) is 0 Å². The average molecular weight is 1890 g/mol. The minimum atomic E-state index is -2.28. The lowest BCUT2D eigenvalue weighted by Crippen LogP contribution is -2.28. The van der Waals surface area contributed by atoms with Crippen molar-refractivity contribution in [1.29, 1.82) is 0 Å². The van der Waals surface area contributed by atoms with Gasteiger partial charge in [0, 0.05) is 15.9 Å². The Morgan fingerprint density at radius 3 is 0.853 bits per heavy atom. The molecule has 0 heterocycles. The molecule has 0 bridgehead atoms. The van der Waals surface area contributed by atoms with Gasteiger partial charge in [-0.1, -0.05) is 443 Å². The van der Waals surface area contributed by atoms with E-state index >= 15 is 0 Å². The van der Waals surface area contributed by atoms with E-state index in [2.05, 4.69) is 455 Å². The Balaban J connectivity index is 0.000000110. The van der Waals surface area contributed by atoms with Gasteiger partial charge in [-0.3, -0.25) is 0 Å². The van der Waals surface area contributed by atoms with Crippen LogP contribution in [0.2, 0.25) is 0 Å². The van der Waals surface area contributed by atoms with Gasteiger partial charge in [0.1, 0.15) is 21.4 Å². The van der Waals surface area contributed by atoms with Gasteiger partial charge in [-0.2, -0.15) is 0 Å². The van der Waals surface area contributed by atoms with E-state index in [9.17, 15) is 13.7 Å². The molecule has 0 fully saturated rings. The van der Waals surface area contributed by atoms with Crippen molar-refractivity contribution in [3.05, 3.63) is 558 Å². The molecule has 680 valence electrons. The topological polar surface area (TPSA) is 51.2 Å². The standard InChI is InChI=1S/2C47H33OP.C43H33OP/c1-49(2,48)38-22-19-31(20-23-38)30-15-17-32(18-16-30)37-21-24-44-41(27-37)42-26-34-10-4-6-12-36(34)29-46(42)47(44)43-14-8-7-13-39(43)40-25-33-9-3-5-11-35(33)28-45(40)47;1-49(2,48)37-23-19-31(20-24-37)30-15-17-32(18-16-30)36-22-25-43-40(28-36)41-27-34-10-3-4-11-35(34)29-45(41)47(43)42-14-8-7-13-39(42)46-38-12-6-5-9-33(38)21-26-44(46)47;1-45(2,44)36-27-24-31(25-28-36)30-20-22-33(23-21-30)37-18-11-19-40-41(37)39-29-26-32-12-9-10-17-38(32)42(39)43(40,34-13-5-3-6-14-34)35-15-7-4-8-16-35/h2*3-29H,1-2H3;3-29H,1-2H3. The number of hydrogen-bond acceptors (Lipinski definition) is 3. The van der Waals surface area contributed by atoms with Gasteiger partial charge in [-0.15, -0.1) is 0 Å². The van der Waals surface area contributed by atoms with Crippen molar-refractivity contribution in [3.8, 4) is 122 Å². The Morgan fingerprint density at radius 1 is 0.154 bits per heavy atom. The van der Waals surface area contributed by atoms with Crippen LogP contribution in [0.3, 0.4) is 0 Å². The highest BCUT2D eigenvalue weighted by molar-refractivity contribution is 7.70. The van der Waals surface area contributed by atoms with E-state index in [0.717, 1.165) is 49.3 Å². The fourth-order valence-electron chi connectivity index (χ4n) is 24.7. The summed E-state index contributed by atoms with van der Waals surface area (Å²) < 4.78 is 37.6. The fourth-order valence-corrected chi connectivity index (χ4v) is 27.3. The number of benzene rings is 23. The molecule has 0 radical (unpaired) electrons. The van der Waals surface area contributed by atoms with Crippen molar-refractivity contribution < 1.29 is 13.7 Å². The maximum atomic E-state index is 12.5. The zero-order chi connectivity index (χ0) is 96.4. The first kappa shape index (κ1) is 87.3. The summed E-state index contributed by atoms with van der Waals surface area (Å²) in [4.78, 5) is 0. The van der Waals surface area contributed by atoms with E-state index < -0.39 is 37.7 Å². The van der Waals surface area contributed by atoms with Gasteiger partial charge >= 0.3 is 0 Å². The summed E-state index contributed by atoms with van der Waals surface area (Å²) in [5.41, 5.74) is 42.0. The van der Waals surface area contributed by atoms with Gasteiger partial charge in [0.05, 0.1) is 16.2 Å². The SMILES string of the molecule is CP(C)(=O)c1ccc(-c2ccc(-c3ccc4c(c3)-c3cc5ccccc5cc3C43c4ccccc4-c4c3ccc3ccccc43)cc2)cc1.CP(C)(=O)c1ccc(-c2ccc(-c3ccc4c(c3)-c3cc5ccccc5cc3C43c4ccccc4-c4cc5ccccc5cc43)cc2)cc1.CP(C)(=O)c1ccc(-c2ccc(-c3cccc4c3-c3ccc5ccccc5c3C4(c3ccccc3)c3ccccc3)cc2)cc1. The van der Waals surface area contributed by atoms with Gasteiger partial charge < -0.3 is 13.7 Å². The quantitative estimate of drug-likeness (QED) is 0.121. The van der Waals surface area contributed by atoms with Crippen molar-refractivity contribution in [2.24, 2.45) is 0 Å². The first-order valence-corrected chi connectivity index (χ1v) is 57.3. The molecule has 3 nitrogen and oxygen atoms in total. The zero-order valence-electron chi connectivity index (χ0n) is 80.3. The molecule has 28 rings (SSSR count). The monoisotopic (exact) mass is 1880 g/mol. The second-order valence-corrected chi connectivity index (χ2v) is 50.1. The Bertz CT molecular complexity index is 9040. The molecule has 0 amide bonds. The number of rotatable bonds is 11. The highest BCUT2D eigenvalue weighted by Gasteiger charge is 2.55. The molecular formula is C137H99O3P3. The highest BCUT2D eigenvalue weighted by Crippen LogP contribution is 2.68.